The first kappa shape index (κ1) is 43.2. The molecule has 1 unspecified atom stereocenters. The number of nitrogens with two attached hydrogens (primary N) is 1. The maximum Gasteiger partial charge on any atom is 0.305 e. The Morgan fingerprint density at radius 3 is 2.02 bits per heavy atom. The van der Waals surface area contributed by atoms with Crippen molar-refractivity contribution in [2.45, 2.75) is 90.2 Å². The third-order valence-corrected chi connectivity index (χ3v) is 12.4. The highest BCUT2D eigenvalue weighted by atomic mass is 33.1. The number of hydrogen-bond acceptors (Lipinski definition) is 14. The van der Waals surface area contributed by atoms with Crippen molar-refractivity contribution in [2.24, 2.45) is 23.5 Å². The summed E-state index contributed by atoms with van der Waals surface area (Å²) in [5.41, 5.74) is 6.02. The average molecular weight is 740 g/mol. The standard InChI is InChI=1S/C29H49N5O9S4/c1-7-15(4)26(40)20-12-46-44-10-17(25(39)14(2)3)8-22(36)19(9-23(37)38)32-27(41)18(30)11-45-47-13-21(31-6)28(42)34-24(16(5)35)29(43)33-20/h14-21,24,31,35H,7-13,30H2,1-6H3,(H,32,41)(H,33,43)(H,34,42)(H,37,38)/t15?,16-,17+,18+,19+,20+,21+,24+/m1/s1. The lowest BCUT2D eigenvalue weighted by molar-refractivity contribution is -0.140. The fraction of sp³-hybridized carbons (Fsp3) is 0.759. The molecule has 0 aromatic heterocycles. The Labute approximate surface area is 292 Å². The number of carbonyl (C=O) groups excluding carboxylic acids is 6. The van der Waals surface area contributed by atoms with Crippen LogP contribution in [0.2, 0.25) is 0 Å². The fourth-order valence-corrected chi connectivity index (χ4v) is 9.18. The molecule has 0 bridgehead atoms. The van der Waals surface area contributed by atoms with Gasteiger partial charge in [0, 0.05) is 47.2 Å². The molecule has 18 heteroatoms. The molecule has 1 saturated heterocycles. The van der Waals surface area contributed by atoms with E-state index in [-0.39, 0.29) is 41.0 Å². The van der Waals surface area contributed by atoms with Crippen LogP contribution >= 0.6 is 43.2 Å². The molecular formula is C29H49N5O9S4. The van der Waals surface area contributed by atoms with Crippen molar-refractivity contribution >= 4 is 84.2 Å². The largest absolute Gasteiger partial charge is 0.481 e. The van der Waals surface area contributed by atoms with Crippen LogP contribution in [-0.4, -0.2) is 118 Å². The van der Waals surface area contributed by atoms with Gasteiger partial charge >= 0.3 is 5.97 Å². The van der Waals surface area contributed by atoms with E-state index >= 15 is 0 Å². The predicted octanol–water partition coefficient (Wildman–Crippen LogP) is 0.404. The van der Waals surface area contributed by atoms with E-state index in [4.69, 9.17) is 5.73 Å². The summed E-state index contributed by atoms with van der Waals surface area (Å²) in [7, 11) is 6.35. The molecule has 268 valence electrons. The van der Waals surface area contributed by atoms with E-state index in [1.54, 1.807) is 27.8 Å². The van der Waals surface area contributed by atoms with Crippen molar-refractivity contribution in [2.75, 3.05) is 30.1 Å². The second-order valence-electron chi connectivity index (χ2n) is 11.7. The molecule has 47 heavy (non-hydrogen) atoms. The van der Waals surface area contributed by atoms with Crippen LogP contribution in [0.15, 0.2) is 0 Å². The molecule has 1 aliphatic heterocycles. The number of ketones is 3. The van der Waals surface area contributed by atoms with Gasteiger partial charge in [0.15, 0.2) is 11.6 Å². The number of Topliss-reactive ketones (excluding diaryl/α,β-unsaturated/α-hetero) is 3. The van der Waals surface area contributed by atoms with Crippen molar-refractivity contribution in [3.8, 4) is 0 Å². The van der Waals surface area contributed by atoms with Crippen LogP contribution in [0.3, 0.4) is 0 Å². The van der Waals surface area contributed by atoms with Crippen LogP contribution in [0.1, 0.15) is 53.9 Å². The van der Waals surface area contributed by atoms with E-state index in [1.165, 1.54) is 50.1 Å². The van der Waals surface area contributed by atoms with Gasteiger partial charge in [-0.1, -0.05) is 70.9 Å². The summed E-state index contributed by atoms with van der Waals surface area (Å²) >= 11 is 0. The summed E-state index contributed by atoms with van der Waals surface area (Å²) in [6.45, 7) is 8.29. The van der Waals surface area contributed by atoms with Crippen molar-refractivity contribution in [1.82, 2.24) is 21.3 Å². The van der Waals surface area contributed by atoms with Crippen LogP contribution in [-0.2, 0) is 33.6 Å². The summed E-state index contributed by atoms with van der Waals surface area (Å²) < 4.78 is 0. The zero-order valence-corrected chi connectivity index (χ0v) is 30.9. The Balaban J connectivity index is 3.41. The highest BCUT2D eigenvalue weighted by Crippen LogP contribution is 2.29. The lowest BCUT2D eigenvalue weighted by Crippen LogP contribution is -2.59. The van der Waals surface area contributed by atoms with Crippen LogP contribution in [0.4, 0.5) is 0 Å². The number of aliphatic carboxylic acids is 1. The summed E-state index contributed by atoms with van der Waals surface area (Å²) in [5, 5.41) is 30.3. The molecule has 0 spiro atoms. The summed E-state index contributed by atoms with van der Waals surface area (Å²) in [6.07, 6.45) is -1.76. The number of aliphatic hydroxyl groups excluding tert-OH is 1. The summed E-state index contributed by atoms with van der Waals surface area (Å²) in [5.74, 6) is -5.57. The zero-order valence-electron chi connectivity index (χ0n) is 27.6. The monoisotopic (exact) mass is 739 g/mol. The average Bonchev–Trinajstić information content (AvgIpc) is 3.01. The minimum absolute atomic E-state index is 0.0646. The number of likely N-dealkylation sites (N-methyl/N-ethyl adjacent to an activating group) is 1. The number of nitrogens with one attached hydrogen (secondary N) is 4. The fourth-order valence-electron chi connectivity index (χ4n) is 4.31. The number of hydrogen-bond donors (Lipinski definition) is 7. The van der Waals surface area contributed by atoms with E-state index < -0.39 is 90.0 Å². The third kappa shape index (κ3) is 15.1. The van der Waals surface area contributed by atoms with Gasteiger partial charge in [-0.2, -0.15) is 0 Å². The lowest BCUT2D eigenvalue weighted by atomic mass is 9.90. The van der Waals surface area contributed by atoms with Crippen LogP contribution in [0.25, 0.3) is 0 Å². The second kappa shape index (κ2) is 22.0. The molecule has 1 fully saturated rings. The zero-order chi connectivity index (χ0) is 35.8. The Morgan fingerprint density at radius 1 is 0.872 bits per heavy atom. The van der Waals surface area contributed by atoms with Crippen molar-refractivity contribution in [3.05, 3.63) is 0 Å². The van der Waals surface area contributed by atoms with Gasteiger partial charge < -0.3 is 37.2 Å². The maximum absolute atomic E-state index is 13.3. The number of carbonyl (C=O) groups is 7. The van der Waals surface area contributed by atoms with E-state index in [0.717, 1.165) is 0 Å². The van der Waals surface area contributed by atoms with Crippen molar-refractivity contribution < 1.29 is 43.8 Å². The third-order valence-electron chi connectivity index (χ3n) is 7.48. The van der Waals surface area contributed by atoms with Crippen molar-refractivity contribution in [1.29, 1.82) is 0 Å². The topological polar surface area (TPSA) is 234 Å². The minimum atomic E-state index is -1.39. The number of carboxylic acid groups (broad SMARTS) is 1. The Hall–Kier alpha value is -1.83. The molecule has 1 heterocycles. The number of amides is 3. The normalized spacial score (nSPS) is 28.1. The SMILES string of the molecule is CCC(C)C(=O)[C@@H]1CSSC[C@@H](C(=O)C(C)C)CC(=O)[C@H](CC(=O)O)NC(=O)[C@@H](N)CSSC[C@H](NC)C(=O)N[C@@H]([C@@H](C)O)C(=O)N1. The Kier molecular flexibility index (Phi) is 20.2. The van der Waals surface area contributed by atoms with Gasteiger partial charge in [-0.05, 0) is 20.4 Å². The molecule has 0 aromatic rings. The van der Waals surface area contributed by atoms with Gasteiger partial charge in [0.1, 0.15) is 11.8 Å². The van der Waals surface area contributed by atoms with E-state index in [0.29, 0.717) is 6.42 Å². The highest BCUT2D eigenvalue weighted by Gasteiger charge is 2.34. The highest BCUT2D eigenvalue weighted by molar-refractivity contribution is 8.77. The van der Waals surface area contributed by atoms with Gasteiger partial charge in [-0.25, -0.2) is 0 Å². The molecule has 0 saturated carbocycles. The first-order valence-corrected chi connectivity index (χ1v) is 20.3. The molecule has 14 nitrogen and oxygen atoms in total. The lowest BCUT2D eigenvalue weighted by Gasteiger charge is -2.27. The summed E-state index contributed by atoms with van der Waals surface area (Å²) in [4.78, 5) is 90.4. The van der Waals surface area contributed by atoms with E-state index in [1.807, 2.05) is 6.92 Å². The molecule has 8 N–H and O–H groups in total. The molecule has 1 rings (SSSR count). The number of carboxylic acids is 1. The quantitative estimate of drug-likeness (QED) is 0.159. The van der Waals surface area contributed by atoms with Crippen LogP contribution in [0.5, 0.6) is 0 Å². The van der Waals surface area contributed by atoms with Crippen molar-refractivity contribution in [3.63, 3.8) is 0 Å². The molecule has 8 atom stereocenters. The van der Waals surface area contributed by atoms with Gasteiger partial charge in [-0.15, -0.1) is 0 Å². The minimum Gasteiger partial charge on any atom is -0.481 e. The molecule has 0 radical (unpaired) electrons. The first-order chi connectivity index (χ1) is 22.0. The summed E-state index contributed by atoms with van der Waals surface area (Å²) in [6, 6.07) is -5.63. The van der Waals surface area contributed by atoms with Crippen LogP contribution < -0.4 is 27.0 Å². The predicted molar refractivity (Wildman–Crippen MR) is 188 cm³/mol. The van der Waals surface area contributed by atoms with Gasteiger partial charge in [-0.3, -0.25) is 33.6 Å². The Bertz CT molecular complexity index is 1110. The molecule has 3 amide bonds. The first-order valence-electron chi connectivity index (χ1n) is 15.4. The number of rotatable bonds is 9. The van der Waals surface area contributed by atoms with E-state index in [9.17, 15) is 43.8 Å². The second-order valence-corrected chi connectivity index (χ2v) is 16.8. The molecular weight excluding hydrogens is 691 g/mol. The smallest absolute Gasteiger partial charge is 0.305 e. The molecule has 1 aliphatic rings. The van der Waals surface area contributed by atoms with Gasteiger partial charge in [0.2, 0.25) is 17.7 Å². The maximum atomic E-state index is 13.3. The number of aliphatic hydroxyl groups is 1. The van der Waals surface area contributed by atoms with Gasteiger partial charge in [0.25, 0.3) is 0 Å². The molecule has 0 aliphatic carbocycles. The Morgan fingerprint density at radius 2 is 1.47 bits per heavy atom. The van der Waals surface area contributed by atoms with Gasteiger partial charge in [0.05, 0.1) is 36.7 Å². The van der Waals surface area contributed by atoms with E-state index in [2.05, 4.69) is 21.3 Å². The molecule has 0 aromatic carbocycles. The van der Waals surface area contributed by atoms with Crippen LogP contribution in [0, 0.1) is 17.8 Å².